The minimum Gasteiger partial charge on any atom is -0.349 e. The molecule has 2 aromatic heterocycles. The molecule has 1 aromatic carbocycles. The highest BCUT2D eigenvalue weighted by Gasteiger charge is 2.21. The van der Waals surface area contributed by atoms with Crippen LogP contribution < -0.4 is 10.9 Å². The Morgan fingerprint density at radius 3 is 2.75 bits per heavy atom. The summed E-state index contributed by atoms with van der Waals surface area (Å²) in [6.45, 7) is 2.09. The van der Waals surface area contributed by atoms with Gasteiger partial charge in [-0.1, -0.05) is 30.3 Å². The Hall–Kier alpha value is -2.14. The third-order valence-corrected chi connectivity index (χ3v) is 6.03. The molecule has 0 aliphatic heterocycles. The van der Waals surface area contributed by atoms with E-state index in [9.17, 15) is 4.79 Å². The van der Waals surface area contributed by atoms with E-state index < -0.39 is 0 Å². The first-order chi connectivity index (χ1) is 11.6. The summed E-state index contributed by atoms with van der Waals surface area (Å²) in [6, 6.07) is 10.3. The molecule has 24 heavy (non-hydrogen) atoms. The molecule has 5 heteroatoms. The topological polar surface area (TPSA) is 46.9 Å². The Kier molecular flexibility index (Phi) is 3.88. The van der Waals surface area contributed by atoms with Crippen molar-refractivity contribution in [3.63, 3.8) is 0 Å². The van der Waals surface area contributed by atoms with Gasteiger partial charge in [0, 0.05) is 11.9 Å². The molecule has 0 bridgehead atoms. The average molecular weight is 339 g/mol. The highest BCUT2D eigenvalue weighted by Crippen LogP contribution is 2.34. The molecule has 3 aromatic rings. The van der Waals surface area contributed by atoms with Crippen LogP contribution >= 0.6 is 11.3 Å². The number of rotatable bonds is 3. The van der Waals surface area contributed by atoms with Crippen molar-refractivity contribution in [3.05, 3.63) is 56.7 Å². The minimum absolute atomic E-state index is 0.0714. The Morgan fingerprint density at radius 2 is 1.96 bits per heavy atom. The molecular formula is C19H21N3OS. The van der Waals surface area contributed by atoms with E-state index in [1.54, 1.807) is 15.9 Å². The summed E-state index contributed by atoms with van der Waals surface area (Å²) in [5, 5.41) is 4.24. The van der Waals surface area contributed by atoms with Gasteiger partial charge in [0.25, 0.3) is 5.56 Å². The van der Waals surface area contributed by atoms with Crippen LogP contribution in [0.4, 0.5) is 5.95 Å². The molecule has 1 atom stereocenters. The molecule has 0 saturated carbocycles. The van der Waals surface area contributed by atoms with Crippen molar-refractivity contribution in [2.45, 2.75) is 38.6 Å². The smallest absolute Gasteiger partial charge is 0.263 e. The van der Waals surface area contributed by atoms with Crippen LogP contribution in [0, 0.1) is 0 Å². The normalized spacial score (nSPS) is 15.2. The second-order valence-corrected chi connectivity index (χ2v) is 7.55. The SMILES string of the molecule is CC(Nc1nc2sc3c(c2c(=O)n1C)CCCC3)c1ccccc1. The van der Waals surface area contributed by atoms with Gasteiger partial charge in [-0.3, -0.25) is 9.36 Å². The standard InChI is InChI=1S/C19H21N3OS/c1-12(13-8-4-3-5-9-13)20-19-21-17-16(18(23)22(19)2)14-10-6-7-11-15(14)24-17/h3-5,8-9,12H,6-7,10-11H2,1-2H3,(H,20,21). The molecule has 1 N–H and O–H groups in total. The van der Waals surface area contributed by atoms with Crippen LogP contribution in [0.25, 0.3) is 10.2 Å². The van der Waals surface area contributed by atoms with Crippen LogP contribution in [0.5, 0.6) is 0 Å². The Bertz CT molecular complexity index is 943. The molecule has 1 unspecified atom stereocenters. The van der Waals surface area contributed by atoms with Gasteiger partial charge in [-0.2, -0.15) is 0 Å². The maximum Gasteiger partial charge on any atom is 0.263 e. The number of hydrogen-bond donors (Lipinski definition) is 1. The molecule has 0 amide bonds. The fourth-order valence-corrected chi connectivity index (χ4v) is 4.69. The van der Waals surface area contributed by atoms with Crippen molar-refractivity contribution in [2.75, 3.05) is 5.32 Å². The van der Waals surface area contributed by atoms with E-state index in [4.69, 9.17) is 4.98 Å². The van der Waals surface area contributed by atoms with Crippen molar-refractivity contribution in [2.24, 2.45) is 7.05 Å². The van der Waals surface area contributed by atoms with Crippen molar-refractivity contribution in [1.29, 1.82) is 0 Å². The highest BCUT2D eigenvalue weighted by atomic mass is 32.1. The first kappa shape index (κ1) is 15.4. The average Bonchev–Trinajstić information content (AvgIpc) is 2.98. The van der Waals surface area contributed by atoms with Crippen molar-refractivity contribution >= 4 is 27.5 Å². The lowest BCUT2D eigenvalue weighted by Gasteiger charge is -2.17. The van der Waals surface area contributed by atoms with Crippen molar-refractivity contribution in [1.82, 2.24) is 9.55 Å². The van der Waals surface area contributed by atoms with Gasteiger partial charge in [0.1, 0.15) is 4.83 Å². The van der Waals surface area contributed by atoms with E-state index in [-0.39, 0.29) is 11.6 Å². The number of nitrogens with one attached hydrogen (secondary N) is 1. The van der Waals surface area contributed by atoms with E-state index in [1.165, 1.54) is 28.8 Å². The number of nitrogens with zero attached hydrogens (tertiary/aromatic N) is 2. The summed E-state index contributed by atoms with van der Waals surface area (Å²) >= 11 is 1.70. The molecule has 0 spiro atoms. The van der Waals surface area contributed by atoms with Gasteiger partial charge >= 0.3 is 0 Å². The Labute approximate surface area is 145 Å². The number of fused-ring (bicyclic) bond motifs is 3. The zero-order valence-corrected chi connectivity index (χ0v) is 14.8. The quantitative estimate of drug-likeness (QED) is 0.783. The lowest BCUT2D eigenvalue weighted by atomic mass is 9.97. The number of aromatic nitrogens is 2. The van der Waals surface area contributed by atoms with Crippen molar-refractivity contribution < 1.29 is 0 Å². The van der Waals surface area contributed by atoms with E-state index >= 15 is 0 Å². The van der Waals surface area contributed by atoms with Gasteiger partial charge in [-0.05, 0) is 43.7 Å². The van der Waals surface area contributed by atoms with Gasteiger partial charge in [0.15, 0.2) is 0 Å². The Balaban J connectivity index is 1.77. The lowest BCUT2D eigenvalue weighted by molar-refractivity contribution is 0.699. The molecule has 4 nitrogen and oxygen atoms in total. The van der Waals surface area contributed by atoms with Crippen LogP contribution in [0.15, 0.2) is 35.1 Å². The molecule has 124 valence electrons. The van der Waals surface area contributed by atoms with Crippen molar-refractivity contribution in [3.8, 4) is 0 Å². The molecule has 0 fully saturated rings. The van der Waals surface area contributed by atoms with Crippen LogP contribution in [0.1, 0.15) is 41.8 Å². The maximum absolute atomic E-state index is 12.9. The van der Waals surface area contributed by atoms with E-state index in [0.29, 0.717) is 5.95 Å². The van der Waals surface area contributed by atoms with Gasteiger partial charge in [-0.15, -0.1) is 11.3 Å². The number of thiophene rings is 1. The maximum atomic E-state index is 12.9. The molecule has 0 radical (unpaired) electrons. The third-order valence-electron chi connectivity index (χ3n) is 4.84. The van der Waals surface area contributed by atoms with Crippen LogP contribution in [-0.4, -0.2) is 9.55 Å². The van der Waals surface area contributed by atoms with E-state index in [0.717, 1.165) is 23.1 Å². The van der Waals surface area contributed by atoms with Crippen LogP contribution in [0.2, 0.25) is 0 Å². The van der Waals surface area contributed by atoms with Gasteiger partial charge in [-0.25, -0.2) is 4.98 Å². The summed E-state index contributed by atoms with van der Waals surface area (Å²) in [5.74, 6) is 0.641. The number of aryl methyl sites for hydroxylation is 2. The summed E-state index contributed by atoms with van der Waals surface area (Å²) in [5.41, 5.74) is 2.50. The monoisotopic (exact) mass is 339 g/mol. The fourth-order valence-electron chi connectivity index (χ4n) is 3.43. The molecule has 1 aliphatic rings. The van der Waals surface area contributed by atoms with E-state index in [2.05, 4.69) is 24.4 Å². The number of benzene rings is 1. The van der Waals surface area contributed by atoms with E-state index in [1.807, 2.05) is 25.2 Å². The first-order valence-electron chi connectivity index (χ1n) is 8.48. The first-order valence-corrected chi connectivity index (χ1v) is 9.29. The molecule has 1 aliphatic carbocycles. The summed E-state index contributed by atoms with van der Waals surface area (Å²) in [6.07, 6.45) is 4.49. The van der Waals surface area contributed by atoms with Crippen LogP contribution in [0.3, 0.4) is 0 Å². The molecular weight excluding hydrogens is 318 g/mol. The second kappa shape index (κ2) is 6.06. The third kappa shape index (κ3) is 2.53. The fraction of sp³-hybridized carbons (Fsp3) is 0.368. The summed E-state index contributed by atoms with van der Waals surface area (Å²) in [7, 11) is 1.81. The number of anilines is 1. The minimum atomic E-state index is 0.0714. The molecule has 0 saturated heterocycles. The van der Waals surface area contributed by atoms with Gasteiger partial charge < -0.3 is 5.32 Å². The zero-order valence-electron chi connectivity index (χ0n) is 14.0. The zero-order chi connectivity index (χ0) is 16.7. The summed E-state index contributed by atoms with van der Waals surface area (Å²) < 4.78 is 1.66. The second-order valence-electron chi connectivity index (χ2n) is 6.47. The van der Waals surface area contributed by atoms with Gasteiger partial charge in [0.2, 0.25) is 5.95 Å². The lowest BCUT2D eigenvalue weighted by Crippen LogP contribution is -2.23. The summed E-state index contributed by atoms with van der Waals surface area (Å²) in [4.78, 5) is 19.9. The largest absolute Gasteiger partial charge is 0.349 e. The molecule has 2 heterocycles. The highest BCUT2D eigenvalue weighted by molar-refractivity contribution is 7.18. The molecule has 4 rings (SSSR count). The van der Waals surface area contributed by atoms with Crippen LogP contribution in [-0.2, 0) is 19.9 Å². The predicted octanol–water partition coefficient (Wildman–Crippen LogP) is 4.05. The van der Waals surface area contributed by atoms with Gasteiger partial charge in [0.05, 0.1) is 11.4 Å². The number of hydrogen-bond acceptors (Lipinski definition) is 4. The Morgan fingerprint density at radius 1 is 1.21 bits per heavy atom. The predicted molar refractivity (Wildman–Crippen MR) is 100.0 cm³/mol.